The number of anilines is 3. The van der Waals surface area contributed by atoms with E-state index >= 15 is 0 Å². The largest absolute Gasteiger partial charge is 0.310 e. The van der Waals surface area contributed by atoms with Gasteiger partial charge in [-0.15, -0.1) is 11.3 Å². The lowest BCUT2D eigenvalue weighted by atomic mass is 9.93. The van der Waals surface area contributed by atoms with Crippen molar-refractivity contribution in [2.24, 2.45) is 0 Å². The number of nitrogens with zero attached hydrogens (tertiary/aromatic N) is 1. The summed E-state index contributed by atoms with van der Waals surface area (Å²) in [6.45, 7) is 0. The first kappa shape index (κ1) is 25.1. The normalized spacial score (nSPS) is 11.6. The van der Waals surface area contributed by atoms with Crippen LogP contribution in [0.2, 0.25) is 0 Å². The number of fused-ring (bicyclic) bond motifs is 8. The highest BCUT2D eigenvalue weighted by atomic mass is 32.1. The average Bonchev–Trinajstić information content (AvgIpc) is 3.49. The van der Waals surface area contributed by atoms with Crippen molar-refractivity contribution in [1.29, 1.82) is 0 Å². The van der Waals surface area contributed by atoms with E-state index in [4.69, 9.17) is 0 Å². The van der Waals surface area contributed by atoms with E-state index in [0.29, 0.717) is 0 Å². The lowest BCUT2D eigenvalue weighted by Crippen LogP contribution is -2.10. The number of para-hydroxylation sites is 1. The molecule has 1 heterocycles. The number of rotatable bonds is 4. The second-order valence-corrected chi connectivity index (χ2v) is 12.4. The van der Waals surface area contributed by atoms with E-state index in [1.54, 1.807) is 0 Å². The van der Waals surface area contributed by atoms with Crippen molar-refractivity contribution in [2.75, 3.05) is 4.90 Å². The Bertz CT molecular complexity index is 2490. The Labute approximate surface area is 259 Å². The van der Waals surface area contributed by atoms with E-state index < -0.39 is 0 Å². The van der Waals surface area contributed by atoms with Crippen LogP contribution in [0.15, 0.2) is 164 Å². The molecule has 0 atom stereocenters. The third-order valence-electron chi connectivity index (χ3n) is 8.83. The van der Waals surface area contributed by atoms with Crippen LogP contribution < -0.4 is 4.90 Å². The zero-order valence-electron chi connectivity index (χ0n) is 23.9. The Morgan fingerprint density at radius 1 is 0.409 bits per heavy atom. The Hall–Kier alpha value is -5.44. The third-order valence-corrected chi connectivity index (χ3v) is 10.0. The molecule has 0 bridgehead atoms. The van der Waals surface area contributed by atoms with Crippen molar-refractivity contribution in [1.82, 2.24) is 0 Å². The molecule has 0 unspecified atom stereocenters. The van der Waals surface area contributed by atoms with Gasteiger partial charge in [0.15, 0.2) is 0 Å². The van der Waals surface area contributed by atoms with E-state index in [-0.39, 0.29) is 0 Å². The van der Waals surface area contributed by atoms with Crippen LogP contribution in [0, 0.1) is 0 Å². The lowest BCUT2D eigenvalue weighted by molar-refractivity contribution is 1.30. The van der Waals surface area contributed by atoms with Crippen LogP contribution >= 0.6 is 11.3 Å². The molecule has 0 spiro atoms. The topological polar surface area (TPSA) is 3.24 Å². The van der Waals surface area contributed by atoms with Crippen LogP contribution in [-0.2, 0) is 0 Å². The molecule has 2 heteroatoms. The van der Waals surface area contributed by atoms with Gasteiger partial charge in [0.2, 0.25) is 0 Å². The second-order valence-electron chi connectivity index (χ2n) is 11.3. The maximum absolute atomic E-state index is 2.41. The van der Waals surface area contributed by atoms with Gasteiger partial charge < -0.3 is 4.90 Å². The standard InChI is InChI=1S/C42H27NS/c1-2-13-31(14-3-1)43(39-19-10-20-40-41(39)37-26-23-28-11-4-7-16-34(28)42(37)44-40)32-24-21-29(22-25-32)38-27-30-12-5-6-15-33(30)35-17-8-9-18-36(35)38/h1-27H. The Balaban J connectivity index is 1.24. The zero-order chi connectivity index (χ0) is 29.0. The van der Waals surface area contributed by atoms with Crippen molar-refractivity contribution in [3.63, 3.8) is 0 Å². The molecule has 206 valence electrons. The van der Waals surface area contributed by atoms with Gasteiger partial charge in [0.1, 0.15) is 0 Å². The first-order valence-electron chi connectivity index (χ1n) is 15.0. The summed E-state index contributed by atoms with van der Waals surface area (Å²) < 4.78 is 2.64. The van der Waals surface area contributed by atoms with Crippen molar-refractivity contribution in [3.8, 4) is 11.1 Å². The van der Waals surface area contributed by atoms with Gasteiger partial charge in [0.05, 0.1) is 5.69 Å². The summed E-state index contributed by atoms with van der Waals surface area (Å²) in [6, 6.07) is 59.6. The summed E-state index contributed by atoms with van der Waals surface area (Å²) in [5, 5.41) is 10.3. The number of hydrogen-bond donors (Lipinski definition) is 0. The predicted molar refractivity (Wildman–Crippen MR) is 192 cm³/mol. The minimum Gasteiger partial charge on any atom is -0.310 e. The molecule has 44 heavy (non-hydrogen) atoms. The van der Waals surface area contributed by atoms with Gasteiger partial charge in [0, 0.05) is 31.5 Å². The zero-order valence-corrected chi connectivity index (χ0v) is 24.8. The molecule has 0 aliphatic carbocycles. The quantitative estimate of drug-likeness (QED) is 0.188. The van der Waals surface area contributed by atoms with E-state index in [0.717, 1.165) is 11.4 Å². The first-order valence-corrected chi connectivity index (χ1v) is 15.8. The Morgan fingerprint density at radius 3 is 1.89 bits per heavy atom. The number of hydrogen-bond acceptors (Lipinski definition) is 2. The first-order chi connectivity index (χ1) is 21.8. The van der Waals surface area contributed by atoms with Crippen molar-refractivity contribution >= 4 is 80.9 Å². The third kappa shape index (κ3) is 3.92. The van der Waals surface area contributed by atoms with Gasteiger partial charge in [-0.3, -0.25) is 0 Å². The van der Waals surface area contributed by atoms with Crippen molar-refractivity contribution < 1.29 is 0 Å². The molecule has 0 amide bonds. The highest BCUT2D eigenvalue weighted by Gasteiger charge is 2.19. The molecule has 0 aliphatic heterocycles. The van der Waals surface area contributed by atoms with Crippen LogP contribution in [0.4, 0.5) is 17.1 Å². The molecular formula is C42H27NS. The van der Waals surface area contributed by atoms with E-state index in [9.17, 15) is 0 Å². The molecule has 1 aromatic heterocycles. The maximum Gasteiger partial charge on any atom is 0.0554 e. The molecule has 0 saturated heterocycles. The van der Waals surface area contributed by atoms with Gasteiger partial charge in [-0.05, 0) is 85.9 Å². The number of thiophene rings is 1. The van der Waals surface area contributed by atoms with E-state index in [1.807, 2.05) is 11.3 Å². The minimum atomic E-state index is 1.14. The second kappa shape index (κ2) is 10.1. The van der Waals surface area contributed by atoms with E-state index in [1.165, 1.54) is 69.3 Å². The lowest BCUT2D eigenvalue weighted by Gasteiger charge is -2.26. The minimum absolute atomic E-state index is 1.14. The monoisotopic (exact) mass is 577 g/mol. The fourth-order valence-corrected chi connectivity index (χ4v) is 8.07. The van der Waals surface area contributed by atoms with Crippen LogP contribution in [0.3, 0.4) is 0 Å². The number of benzene rings is 8. The van der Waals surface area contributed by atoms with Gasteiger partial charge in [0.25, 0.3) is 0 Å². The summed E-state index contributed by atoms with van der Waals surface area (Å²) in [5.41, 5.74) is 5.95. The molecule has 9 rings (SSSR count). The van der Waals surface area contributed by atoms with Crippen molar-refractivity contribution in [2.45, 2.75) is 0 Å². The van der Waals surface area contributed by atoms with Gasteiger partial charge in [-0.1, -0.05) is 121 Å². The summed E-state index contributed by atoms with van der Waals surface area (Å²) >= 11 is 1.89. The summed E-state index contributed by atoms with van der Waals surface area (Å²) in [6.07, 6.45) is 0. The average molecular weight is 578 g/mol. The fraction of sp³-hybridized carbons (Fsp3) is 0. The summed E-state index contributed by atoms with van der Waals surface area (Å²) in [7, 11) is 0. The molecule has 0 radical (unpaired) electrons. The highest BCUT2D eigenvalue weighted by Crippen LogP contribution is 2.46. The molecule has 9 aromatic rings. The predicted octanol–water partition coefficient (Wildman–Crippen LogP) is 12.7. The molecule has 8 aromatic carbocycles. The SMILES string of the molecule is c1ccc(N(c2ccc(-c3cc4ccccc4c4ccccc34)cc2)c2cccc3sc4c5ccccc5ccc4c23)cc1. The van der Waals surface area contributed by atoms with Crippen molar-refractivity contribution in [3.05, 3.63) is 164 Å². The fourth-order valence-electron chi connectivity index (χ4n) is 6.81. The Kier molecular flexibility index (Phi) is 5.75. The molecule has 0 N–H and O–H groups in total. The smallest absolute Gasteiger partial charge is 0.0554 e. The molecule has 0 saturated carbocycles. The van der Waals surface area contributed by atoms with Gasteiger partial charge in [-0.2, -0.15) is 0 Å². The maximum atomic E-state index is 2.41. The van der Waals surface area contributed by atoms with Crippen LogP contribution in [0.25, 0.3) is 63.6 Å². The molecule has 0 aliphatic rings. The molecular weight excluding hydrogens is 551 g/mol. The van der Waals surface area contributed by atoms with Crippen LogP contribution in [0.5, 0.6) is 0 Å². The van der Waals surface area contributed by atoms with Gasteiger partial charge >= 0.3 is 0 Å². The summed E-state index contributed by atoms with van der Waals surface area (Å²) in [4.78, 5) is 2.41. The van der Waals surface area contributed by atoms with Gasteiger partial charge in [-0.25, -0.2) is 0 Å². The van der Waals surface area contributed by atoms with Crippen LogP contribution in [-0.4, -0.2) is 0 Å². The van der Waals surface area contributed by atoms with E-state index in [2.05, 4.69) is 169 Å². The van der Waals surface area contributed by atoms with Crippen LogP contribution in [0.1, 0.15) is 0 Å². The molecule has 0 fully saturated rings. The summed E-state index contributed by atoms with van der Waals surface area (Å²) in [5.74, 6) is 0. The highest BCUT2D eigenvalue weighted by molar-refractivity contribution is 7.26. The Morgan fingerprint density at radius 2 is 1.07 bits per heavy atom. The molecule has 1 nitrogen and oxygen atoms in total.